The molecule has 0 spiro atoms. The summed E-state index contributed by atoms with van der Waals surface area (Å²) in [5, 5.41) is 8.56. The van der Waals surface area contributed by atoms with Crippen molar-refractivity contribution in [3.05, 3.63) is 23.3 Å². The molecule has 0 unspecified atom stereocenters. The average Bonchev–Trinajstić information content (AvgIpc) is 2.37. The lowest BCUT2D eigenvalue weighted by Crippen LogP contribution is -2.05. The van der Waals surface area contributed by atoms with Gasteiger partial charge in [0.25, 0.3) is 0 Å². The fourth-order valence-electron chi connectivity index (χ4n) is 1.91. The molecule has 104 valence electrons. The third kappa shape index (κ3) is 3.71. The van der Waals surface area contributed by atoms with Crippen LogP contribution >= 0.6 is 0 Å². The van der Waals surface area contributed by atoms with Gasteiger partial charge in [-0.15, -0.1) is 0 Å². The van der Waals surface area contributed by atoms with Crippen molar-refractivity contribution in [3.63, 3.8) is 0 Å². The molecule has 0 heterocycles. The van der Waals surface area contributed by atoms with Gasteiger partial charge < -0.3 is 14.6 Å². The number of carbonyl (C=O) groups is 2. The first-order valence-electron chi connectivity index (χ1n) is 5.97. The Morgan fingerprint density at radius 3 is 2.37 bits per heavy atom. The largest absolute Gasteiger partial charge is 0.496 e. The van der Waals surface area contributed by atoms with Crippen molar-refractivity contribution in [1.29, 1.82) is 0 Å². The van der Waals surface area contributed by atoms with Gasteiger partial charge in [0.1, 0.15) is 11.5 Å². The first-order valence-corrected chi connectivity index (χ1v) is 5.97. The van der Waals surface area contributed by atoms with E-state index in [1.807, 2.05) is 6.92 Å². The Hall–Kier alpha value is -2.04. The van der Waals surface area contributed by atoms with Gasteiger partial charge in [-0.05, 0) is 25.5 Å². The van der Waals surface area contributed by atoms with Crippen molar-refractivity contribution in [3.8, 4) is 11.5 Å². The molecule has 1 aromatic carbocycles. The maximum absolute atomic E-state index is 12.0. The van der Waals surface area contributed by atoms with Crippen molar-refractivity contribution in [1.82, 2.24) is 0 Å². The molecular formula is C14H18O5. The lowest BCUT2D eigenvalue weighted by Gasteiger charge is -2.13. The summed E-state index contributed by atoms with van der Waals surface area (Å²) in [4.78, 5) is 22.5. The normalized spacial score (nSPS) is 10.1. The molecule has 5 nitrogen and oxygen atoms in total. The van der Waals surface area contributed by atoms with E-state index in [0.29, 0.717) is 23.5 Å². The van der Waals surface area contributed by atoms with Crippen LogP contribution in [0.3, 0.4) is 0 Å². The second kappa shape index (κ2) is 6.78. The summed E-state index contributed by atoms with van der Waals surface area (Å²) in [6, 6.07) is 3.36. The fraction of sp³-hybridized carbons (Fsp3) is 0.429. The van der Waals surface area contributed by atoms with E-state index < -0.39 is 5.97 Å². The molecule has 0 saturated heterocycles. The van der Waals surface area contributed by atoms with Gasteiger partial charge in [-0.3, -0.25) is 9.59 Å². The first kappa shape index (κ1) is 15.0. The number of hydrogen-bond acceptors (Lipinski definition) is 4. The number of ketones is 1. The smallest absolute Gasteiger partial charge is 0.303 e. The molecule has 0 saturated carbocycles. The van der Waals surface area contributed by atoms with Gasteiger partial charge in [-0.25, -0.2) is 0 Å². The summed E-state index contributed by atoms with van der Waals surface area (Å²) >= 11 is 0. The quantitative estimate of drug-likeness (QED) is 0.767. The molecular weight excluding hydrogens is 248 g/mol. The summed E-state index contributed by atoms with van der Waals surface area (Å²) in [7, 11) is 3.05. The van der Waals surface area contributed by atoms with E-state index in [2.05, 4.69) is 0 Å². The monoisotopic (exact) mass is 266 g/mol. The highest BCUT2D eigenvalue weighted by Gasteiger charge is 2.17. The molecule has 0 aliphatic heterocycles. The lowest BCUT2D eigenvalue weighted by molar-refractivity contribution is -0.137. The summed E-state index contributed by atoms with van der Waals surface area (Å²) < 4.78 is 10.4. The molecule has 1 rings (SSSR count). The van der Waals surface area contributed by atoms with E-state index in [1.54, 1.807) is 19.2 Å². The van der Waals surface area contributed by atoms with Gasteiger partial charge in [0, 0.05) is 18.4 Å². The maximum atomic E-state index is 12.0. The predicted octanol–water partition coefficient (Wildman–Crippen LogP) is 2.45. The zero-order chi connectivity index (χ0) is 14.4. The Morgan fingerprint density at radius 1 is 1.16 bits per heavy atom. The number of carboxylic acids is 1. The van der Waals surface area contributed by atoms with E-state index in [9.17, 15) is 9.59 Å². The average molecular weight is 266 g/mol. The molecule has 1 aromatic rings. The topological polar surface area (TPSA) is 72.8 Å². The van der Waals surface area contributed by atoms with Crippen LogP contribution in [0.1, 0.15) is 35.2 Å². The van der Waals surface area contributed by atoms with Gasteiger partial charge in [0.2, 0.25) is 0 Å². The number of carbonyl (C=O) groups excluding carboxylic acids is 1. The van der Waals surface area contributed by atoms with Crippen LogP contribution in [0.4, 0.5) is 0 Å². The van der Waals surface area contributed by atoms with Gasteiger partial charge in [-0.2, -0.15) is 0 Å². The number of aliphatic carboxylic acids is 1. The summed E-state index contributed by atoms with van der Waals surface area (Å²) in [6.07, 6.45) is 0.500. The van der Waals surface area contributed by atoms with Crippen molar-refractivity contribution >= 4 is 11.8 Å². The minimum Gasteiger partial charge on any atom is -0.496 e. The highest BCUT2D eigenvalue weighted by molar-refractivity contribution is 5.99. The van der Waals surface area contributed by atoms with Crippen molar-refractivity contribution in [2.24, 2.45) is 0 Å². The Kier molecular flexibility index (Phi) is 5.36. The maximum Gasteiger partial charge on any atom is 0.303 e. The van der Waals surface area contributed by atoms with E-state index in [-0.39, 0.29) is 18.6 Å². The highest BCUT2D eigenvalue weighted by Crippen LogP contribution is 2.32. The molecule has 0 fully saturated rings. The van der Waals surface area contributed by atoms with E-state index in [0.717, 1.165) is 5.56 Å². The third-order valence-corrected chi connectivity index (χ3v) is 2.88. The minimum absolute atomic E-state index is 0.0107. The Morgan fingerprint density at radius 2 is 1.84 bits per heavy atom. The Balaban J connectivity index is 2.90. The summed E-state index contributed by atoms with van der Waals surface area (Å²) in [6.45, 7) is 1.81. The molecule has 0 aliphatic carbocycles. The standard InChI is InChI=1S/C14H18O5/c1-9-12(18-2)8-7-10(14(9)19-3)11(15)5-4-6-13(16)17/h7-8H,4-6H2,1-3H3,(H,16,17). The number of hydrogen-bond donors (Lipinski definition) is 1. The van der Waals surface area contributed by atoms with E-state index in [4.69, 9.17) is 14.6 Å². The molecule has 0 radical (unpaired) electrons. The Labute approximate surface area is 112 Å². The molecule has 0 bridgehead atoms. The van der Waals surface area contributed by atoms with Crippen molar-refractivity contribution < 1.29 is 24.2 Å². The molecule has 19 heavy (non-hydrogen) atoms. The number of methoxy groups -OCH3 is 2. The highest BCUT2D eigenvalue weighted by atomic mass is 16.5. The van der Waals surface area contributed by atoms with Crippen LogP contribution in [0.2, 0.25) is 0 Å². The number of carboxylic acid groups (broad SMARTS) is 1. The number of Topliss-reactive ketones (excluding diaryl/α,β-unsaturated/α-hetero) is 1. The lowest BCUT2D eigenvalue weighted by atomic mass is 10.0. The van der Waals surface area contributed by atoms with E-state index in [1.165, 1.54) is 7.11 Å². The van der Waals surface area contributed by atoms with Crippen LogP contribution in [0.5, 0.6) is 11.5 Å². The second-order valence-electron chi connectivity index (χ2n) is 4.14. The Bertz CT molecular complexity index is 479. The third-order valence-electron chi connectivity index (χ3n) is 2.88. The molecule has 0 atom stereocenters. The SMILES string of the molecule is COc1ccc(C(=O)CCCC(=O)O)c(OC)c1C. The number of ether oxygens (including phenoxy) is 2. The fourth-order valence-corrected chi connectivity index (χ4v) is 1.91. The zero-order valence-corrected chi connectivity index (χ0v) is 11.4. The van der Waals surface area contributed by atoms with Crippen molar-refractivity contribution in [2.75, 3.05) is 14.2 Å². The van der Waals surface area contributed by atoms with Crippen molar-refractivity contribution in [2.45, 2.75) is 26.2 Å². The second-order valence-corrected chi connectivity index (χ2v) is 4.14. The molecule has 5 heteroatoms. The summed E-state index contributed by atoms with van der Waals surface area (Å²) in [5.74, 6) is 0.119. The molecule has 0 aliphatic rings. The first-order chi connectivity index (χ1) is 9.01. The van der Waals surface area contributed by atoms with Gasteiger partial charge in [0.05, 0.1) is 19.8 Å². The van der Waals surface area contributed by atoms with E-state index >= 15 is 0 Å². The van der Waals surface area contributed by atoms with Crippen LogP contribution in [-0.4, -0.2) is 31.1 Å². The van der Waals surface area contributed by atoms with Crippen LogP contribution in [0.25, 0.3) is 0 Å². The molecule has 1 N–H and O–H groups in total. The minimum atomic E-state index is -0.898. The zero-order valence-electron chi connectivity index (χ0n) is 11.4. The number of rotatable bonds is 7. The van der Waals surface area contributed by atoms with Gasteiger partial charge in [0.15, 0.2) is 5.78 Å². The van der Waals surface area contributed by atoms with Crippen LogP contribution in [0.15, 0.2) is 12.1 Å². The van der Waals surface area contributed by atoms with Gasteiger partial charge >= 0.3 is 5.97 Å². The molecule has 0 amide bonds. The number of benzene rings is 1. The summed E-state index contributed by atoms with van der Waals surface area (Å²) in [5.41, 5.74) is 1.22. The van der Waals surface area contributed by atoms with Crippen LogP contribution in [0, 0.1) is 6.92 Å². The van der Waals surface area contributed by atoms with Crippen LogP contribution < -0.4 is 9.47 Å². The van der Waals surface area contributed by atoms with Gasteiger partial charge in [-0.1, -0.05) is 0 Å². The molecule has 0 aromatic heterocycles. The van der Waals surface area contributed by atoms with Crippen LogP contribution in [-0.2, 0) is 4.79 Å². The predicted molar refractivity (Wildman–Crippen MR) is 70.1 cm³/mol.